The fourth-order valence-corrected chi connectivity index (χ4v) is 1.12. The topological polar surface area (TPSA) is 21.3 Å². The Morgan fingerprint density at radius 2 is 2.50 bits per heavy atom. The Balaban J connectivity index is 2.30. The first kappa shape index (κ1) is 5.59. The van der Waals surface area contributed by atoms with Crippen molar-refractivity contribution in [3.63, 3.8) is 0 Å². The molecule has 2 heteroatoms. The summed E-state index contributed by atoms with van der Waals surface area (Å²) in [5, 5.41) is 3.13. The molecule has 0 saturated carbocycles. The molecule has 2 heterocycles. The molecule has 0 aromatic carbocycles. The molecule has 0 fully saturated rings. The van der Waals surface area contributed by atoms with Crippen molar-refractivity contribution in [1.82, 2.24) is 5.32 Å². The molecule has 1 N–H and O–H groups in total. The van der Waals surface area contributed by atoms with Gasteiger partial charge in [-0.1, -0.05) is 0 Å². The van der Waals surface area contributed by atoms with Gasteiger partial charge in [0.15, 0.2) is 0 Å². The summed E-state index contributed by atoms with van der Waals surface area (Å²) in [7, 11) is 0. The Morgan fingerprint density at radius 3 is 3.40 bits per heavy atom. The molecule has 0 bridgehead atoms. The zero-order valence-corrected chi connectivity index (χ0v) is 5.63. The second-order valence-electron chi connectivity index (χ2n) is 2.34. The third-order valence-corrected chi connectivity index (χ3v) is 1.63. The van der Waals surface area contributed by atoms with E-state index in [1.807, 2.05) is 12.3 Å². The molecule has 0 amide bonds. The predicted octanol–water partition coefficient (Wildman–Crippen LogP) is 1.29. The fraction of sp³-hybridized carbons (Fsp3) is 0.250. The van der Waals surface area contributed by atoms with Crippen molar-refractivity contribution in [2.75, 3.05) is 6.54 Å². The molecule has 0 aromatic heterocycles. The number of ether oxygens (including phenoxy) is 1. The minimum Gasteiger partial charge on any atom is -0.465 e. The molecule has 0 unspecified atom stereocenters. The number of hydrogen-bond donors (Lipinski definition) is 1. The molecule has 2 aliphatic rings. The number of hydrogen-bond acceptors (Lipinski definition) is 2. The molecule has 10 heavy (non-hydrogen) atoms. The van der Waals surface area contributed by atoms with Crippen LogP contribution in [0.25, 0.3) is 0 Å². The van der Waals surface area contributed by atoms with Crippen LogP contribution in [0.15, 0.2) is 35.9 Å². The summed E-state index contributed by atoms with van der Waals surface area (Å²) in [6.07, 6.45) is 8.81. The van der Waals surface area contributed by atoms with Crippen LogP contribution < -0.4 is 5.32 Å². The number of dihydropyridines is 1. The van der Waals surface area contributed by atoms with E-state index in [1.165, 1.54) is 5.57 Å². The van der Waals surface area contributed by atoms with E-state index in [-0.39, 0.29) is 0 Å². The van der Waals surface area contributed by atoms with Crippen LogP contribution >= 0.6 is 0 Å². The van der Waals surface area contributed by atoms with E-state index in [0.717, 1.165) is 18.7 Å². The average molecular weight is 135 g/mol. The van der Waals surface area contributed by atoms with Gasteiger partial charge in [0.25, 0.3) is 0 Å². The van der Waals surface area contributed by atoms with Crippen LogP contribution in [-0.2, 0) is 4.74 Å². The SMILES string of the molecule is C1=COC2=CCNC=C2C1. The summed E-state index contributed by atoms with van der Waals surface area (Å²) < 4.78 is 5.25. The smallest absolute Gasteiger partial charge is 0.129 e. The van der Waals surface area contributed by atoms with Gasteiger partial charge in [-0.15, -0.1) is 0 Å². The lowest BCUT2D eigenvalue weighted by Gasteiger charge is -2.17. The minimum absolute atomic E-state index is 0.882. The maximum absolute atomic E-state index is 5.25. The second kappa shape index (κ2) is 2.21. The highest BCUT2D eigenvalue weighted by molar-refractivity contribution is 5.32. The summed E-state index contributed by atoms with van der Waals surface area (Å²) in [4.78, 5) is 0. The van der Waals surface area contributed by atoms with Gasteiger partial charge in [0.05, 0.1) is 6.26 Å². The van der Waals surface area contributed by atoms with Gasteiger partial charge in [-0.05, 0) is 18.6 Å². The van der Waals surface area contributed by atoms with E-state index in [9.17, 15) is 0 Å². The Labute approximate surface area is 59.9 Å². The van der Waals surface area contributed by atoms with Crippen LogP contribution in [0.4, 0.5) is 0 Å². The average Bonchev–Trinajstić information content (AvgIpc) is 2.05. The van der Waals surface area contributed by atoms with Gasteiger partial charge < -0.3 is 10.1 Å². The van der Waals surface area contributed by atoms with E-state index in [2.05, 4.69) is 11.4 Å². The van der Waals surface area contributed by atoms with Crippen LogP contribution in [0.3, 0.4) is 0 Å². The van der Waals surface area contributed by atoms with Crippen LogP contribution in [0.2, 0.25) is 0 Å². The molecule has 2 rings (SSSR count). The Kier molecular flexibility index (Phi) is 1.24. The summed E-state index contributed by atoms with van der Waals surface area (Å²) in [5.74, 6) is 1.02. The molecule has 0 saturated heterocycles. The maximum atomic E-state index is 5.25. The van der Waals surface area contributed by atoms with Crippen LogP contribution in [0, 0.1) is 0 Å². The zero-order valence-electron chi connectivity index (χ0n) is 5.63. The van der Waals surface area contributed by atoms with Gasteiger partial charge in [0.2, 0.25) is 0 Å². The maximum Gasteiger partial charge on any atom is 0.129 e. The molecule has 2 aliphatic heterocycles. The monoisotopic (exact) mass is 135 g/mol. The van der Waals surface area contributed by atoms with Gasteiger partial charge in [-0.2, -0.15) is 0 Å². The number of rotatable bonds is 0. The molecule has 0 atom stereocenters. The fourth-order valence-electron chi connectivity index (χ4n) is 1.12. The van der Waals surface area contributed by atoms with Gasteiger partial charge >= 0.3 is 0 Å². The van der Waals surface area contributed by atoms with Crippen LogP contribution in [0.1, 0.15) is 6.42 Å². The molecule has 52 valence electrons. The van der Waals surface area contributed by atoms with Gasteiger partial charge in [-0.25, -0.2) is 0 Å². The van der Waals surface area contributed by atoms with Crippen molar-refractivity contribution in [1.29, 1.82) is 0 Å². The highest BCUT2D eigenvalue weighted by Crippen LogP contribution is 2.21. The first-order valence-corrected chi connectivity index (χ1v) is 3.41. The Morgan fingerprint density at radius 1 is 1.50 bits per heavy atom. The third-order valence-electron chi connectivity index (χ3n) is 1.63. The summed E-state index contributed by atoms with van der Waals surface area (Å²) in [6.45, 7) is 0.882. The van der Waals surface area contributed by atoms with Crippen molar-refractivity contribution in [3.05, 3.63) is 35.9 Å². The van der Waals surface area contributed by atoms with Gasteiger partial charge in [-0.3, -0.25) is 0 Å². The van der Waals surface area contributed by atoms with Gasteiger partial charge in [0, 0.05) is 18.3 Å². The predicted molar refractivity (Wildman–Crippen MR) is 39.0 cm³/mol. The Hall–Kier alpha value is -1.18. The molecule has 0 spiro atoms. The second-order valence-corrected chi connectivity index (χ2v) is 2.34. The lowest BCUT2D eigenvalue weighted by molar-refractivity contribution is 0.343. The third kappa shape index (κ3) is 0.817. The van der Waals surface area contributed by atoms with Crippen LogP contribution in [-0.4, -0.2) is 6.54 Å². The normalized spacial score (nSPS) is 21.6. The van der Waals surface area contributed by atoms with Crippen LogP contribution in [0.5, 0.6) is 0 Å². The molecule has 2 nitrogen and oxygen atoms in total. The highest BCUT2D eigenvalue weighted by atomic mass is 16.5. The lowest BCUT2D eigenvalue weighted by Crippen LogP contribution is -2.14. The van der Waals surface area contributed by atoms with Crippen molar-refractivity contribution < 1.29 is 4.74 Å². The molecule has 0 aromatic rings. The van der Waals surface area contributed by atoms with Crippen molar-refractivity contribution in [3.8, 4) is 0 Å². The molecular formula is C8H9NO. The van der Waals surface area contributed by atoms with Crippen molar-refractivity contribution >= 4 is 0 Å². The van der Waals surface area contributed by atoms with Gasteiger partial charge in [0.1, 0.15) is 5.76 Å². The van der Waals surface area contributed by atoms with E-state index >= 15 is 0 Å². The lowest BCUT2D eigenvalue weighted by atomic mass is 10.1. The van der Waals surface area contributed by atoms with E-state index in [4.69, 9.17) is 4.74 Å². The first-order chi connectivity index (χ1) is 4.97. The minimum atomic E-state index is 0.882. The number of allylic oxidation sites excluding steroid dienone is 2. The zero-order chi connectivity index (χ0) is 6.81. The van der Waals surface area contributed by atoms with Crippen molar-refractivity contribution in [2.24, 2.45) is 0 Å². The molecular weight excluding hydrogens is 126 g/mol. The molecule has 0 aliphatic carbocycles. The highest BCUT2D eigenvalue weighted by Gasteiger charge is 2.10. The van der Waals surface area contributed by atoms with Crippen molar-refractivity contribution in [2.45, 2.75) is 6.42 Å². The quantitative estimate of drug-likeness (QED) is 0.540. The number of nitrogens with one attached hydrogen (secondary N) is 1. The largest absolute Gasteiger partial charge is 0.465 e. The summed E-state index contributed by atoms with van der Waals surface area (Å²) in [5.41, 5.74) is 1.24. The number of fused-ring (bicyclic) bond motifs is 1. The van der Waals surface area contributed by atoms with E-state index in [1.54, 1.807) is 6.26 Å². The van der Waals surface area contributed by atoms with E-state index < -0.39 is 0 Å². The summed E-state index contributed by atoms with van der Waals surface area (Å²) >= 11 is 0. The standard InChI is InChI=1S/C8H9NO/c1-2-7-6-9-4-3-8(7)10-5-1/h1,3,5-6,9H,2,4H2. The molecule has 0 radical (unpaired) electrons. The summed E-state index contributed by atoms with van der Waals surface area (Å²) in [6, 6.07) is 0. The Bertz CT molecular complexity index is 201. The van der Waals surface area contributed by atoms with E-state index in [0.29, 0.717) is 0 Å². The first-order valence-electron chi connectivity index (χ1n) is 3.41.